The van der Waals surface area contributed by atoms with Crippen LogP contribution < -0.4 is 4.72 Å². The monoisotopic (exact) mass is 221 g/mol. The molecule has 0 spiro atoms. The third-order valence-corrected chi connectivity index (χ3v) is 4.17. The van der Waals surface area contributed by atoms with Crippen molar-refractivity contribution in [1.29, 1.82) is 0 Å². The molecule has 0 bridgehead atoms. The summed E-state index contributed by atoms with van der Waals surface area (Å²) >= 11 is 0. The fraction of sp³-hybridized carbons (Fsp3) is 1.00. The summed E-state index contributed by atoms with van der Waals surface area (Å²) in [5.74, 6) is 0.170. The highest BCUT2D eigenvalue weighted by atomic mass is 32.2. The Hall–Kier alpha value is -0.130. The Morgan fingerprint density at radius 3 is 2.29 bits per heavy atom. The summed E-state index contributed by atoms with van der Waals surface area (Å²) in [7, 11) is -1.64. The fourth-order valence-electron chi connectivity index (χ4n) is 1.65. The maximum absolute atomic E-state index is 11.2. The van der Waals surface area contributed by atoms with Crippen molar-refractivity contribution in [1.82, 2.24) is 4.72 Å². The van der Waals surface area contributed by atoms with Gasteiger partial charge in [-0.15, -0.1) is 0 Å². The van der Waals surface area contributed by atoms with Crippen LogP contribution in [0.2, 0.25) is 0 Å². The molecule has 0 aromatic carbocycles. The van der Waals surface area contributed by atoms with Gasteiger partial charge in [-0.1, -0.05) is 13.8 Å². The van der Waals surface area contributed by atoms with Crippen molar-refractivity contribution in [3.8, 4) is 0 Å². The number of sulfonamides is 1. The molecule has 1 aliphatic heterocycles. The van der Waals surface area contributed by atoms with Gasteiger partial charge in [0.1, 0.15) is 0 Å². The van der Waals surface area contributed by atoms with Crippen molar-refractivity contribution in [2.75, 3.05) is 12.8 Å². The largest absolute Gasteiger partial charge is 0.369 e. The van der Waals surface area contributed by atoms with Gasteiger partial charge in [0.05, 0.1) is 18.0 Å². The topological polar surface area (TPSA) is 58.7 Å². The molecule has 1 N–H and O–H groups in total. The highest BCUT2D eigenvalue weighted by molar-refractivity contribution is 7.89. The molecule has 1 heterocycles. The van der Waals surface area contributed by atoms with E-state index in [0.29, 0.717) is 6.42 Å². The van der Waals surface area contributed by atoms with E-state index in [-0.39, 0.29) is 23.4 Å². The van der Waals surface area contributed by atoms with Crippen molar-refractivity contribution in [2.45, 2.75) is 39.4 Å². The fourth-order valence-corrected chi connectivity index (χ4v) is 2.65. The van der Waals surface area contributed by atoms with Gasteiger partial charge in [0, 0.05) is 0 Å². The highest BCUT2D eigenvalue weighted by Gasteiger charge is 2.46. The van der Waals surface area contributed by atoms with Crippen LogP contribution in [0.4, 0.5) is 0 Å². The van der Waals surface area contributed by atoms with E-state index in [0.717, 1.165) is 0 Å². The van der Waals surface area contributed by atoms with Crippen LogP contribution in [-0.2, 0) is 14.8 Å². The number of rotatable bonds is 5. The standard InChI is InChI=1S/C9H19NO3S/c1-7-8(13-7)9(2,3)5-6-14(11,12)10-4/h7-8,10H,5-6H2,1-4H3. The van der Waals surface area contributed by atoms with Crippen molar-refractivity contribution in [2.24, 2.45) is 5.41 Å². The Balaban J connectivity index is 2.45. The van der Waals surface area contributed by atoms with Crippen molar-refractivity contribution < 1.29 is 13.2 Å². The molecule has 1 aliphatic rings. The van der Waals surface area contributed by atoms with E-state index in [1.807, 2.05) is 20.8 Å². The van der Waals surface area contributed by atoms with Gasteiger partial charge < -0.3 is 4.74 Å². The van der Waals surface area contributed by atoms with E-state index in [1.165, 1.54) is 7.05 Å². The lowest BCUT2D eigenvalue weighted by molar-refractivity contribution is 0.234. The van der Waals surface area contributed by atoms with Gasteiger partial charge >= 0.3 is 0 Å². The van der Waals surface area contributed by atoms with Gasteiger partial charge in [-0.2, -0.15) is 0 Å². The molecule has 1 saturated heterocycles. The molecule has 0 amide bonds. The number of hydrogen-bond donors (Lipinski definition) is 1. The van der Waals surface area contributed by atoms with Gasteiger partial charge in [-0.3, -0.25) is 0 Å². The molecule has 0 radical (unpaired) electrons. The lowest BCUT2D eigenvalue weighted by Gasteiger charge is -2.21. The maximum atomic E-state index is 11.2. The molecule has 1 fully saturated rings. The first-order valence-corrected chi connectivity index (χ1v) is 6.50. The zero-order valence-corrected chi connectivity index (χ0v) is 10.0. The normalized spacial score (nSPS) is 27.7. The molecule has 14 heavy (non-hydrogen) atoms. The van der Waals surface area contributed by atoms with Gasteiger partial charge in [0.25, 0.3) is 0 Å². The first-order chi connectivity index (χ1) is 6.28. The van der Waals surface area contributed by atoms with Crippen LogP contribution in [0, 0.1) is 5.41 Å². The quantitative estimate of drug-likeness (QED) is 0.697. The number of nitrogens with one attached hydrogen (secondary N) is 1. The molecule has 0 aromatic heterocycles. The summed E-state index contributed by atoms with van der Waals surface area (Å²) in [6.07, 6.45) is 1.13. The molecule has 2 atom stereocenters. The average Bonchev–Trinajstić information content (AvgIpc) is 2.81. The van der Waals surface area contributed by atoms with E-state index in [2.05, 4.69) is 4.72 Å². The van der Waals surface area contributed by atoms with Gasteiger partial charge in [-0.25, -0.2) is 13.1 Å². The number of hydrogen-bond acceptors (Lipinski definition) is 3. The first-order valence-electron chi connectivity index (χ1n) is 4.85. The Labute approximate surface area is 86.1 Å². The smallest absolute Gasteiger partial charge is 0.211 e. The molecule has 4 nitrogen and oxygen atoms in total. The van der Waals surface area contributed by atoms with E-state index in [1.54, 1.807) is 0 Å². The van der Waals surface area contributed by atoms with Crippen molar-refractivity contribution in [3.63, 3.8) is 0 Å². The third kappa shape index (κ3) is 2.93. The van der Waals surface area contributed by atoms with Crippen LogP contribution in [0.15, 0.2) is 0 Å². The highest BCUT2D eigenvalue weighted by Crippen LogP contribution is 2.40. The molecule has 0 aromatic rings. The molecule has 84 valence electrons. The molecule has 5 heteroatoms. The molecule has 0 aliphatic carbocycles. The Bertz CT molecular complexity index is 297. The lowest BCUT2D eigenvalue weighted by Crippen LogP contribution is -2.29. The second-order valence-corrected chi connectivity index (χ2v) is 6.57. The average molecular weight is 221 g/mol. The maximum Gasteiger partial charge on any atom is 0.211 e. The SMILES string of the molecule is CNS(=O)(=O)CCC(C)(C)C1OC1C. The zero-order valence-electron chi connectivity index (χ0n) is 9.20. The molecule has 0 saturated carbocycles. The Morgan fingerprint density at radius 2 is 1.93 bits per heavy atom. The van der Waals surface area contributed by atoms with Crippen LogP contribution in [0.5, 0.6) is 0 Å². The number of ether oxygens (including phenoxy) is 1. The lowest BCUT2D eigenvalue weighted by atomic mass is 9.85. The van der Waals surface area contributed by atoms with Gasteiger partial charge in [0.15, 0.2) is 0 Å². The minimum atomic E-state index is -3.08. The predicted octanol–water partition coefficient (Wildman–Crippen LogP) is 0.739. The number of epoxide rings is 1. The second kappa shape index (κ2) is 3.79. The molecular weight excluding hydrogens is 202 g/mol. The summed E-state index contributed by atoms with van der Waals surface area (Å²) < 4.78 is 30.1. The predicted molar refractivity (Wildman–Crippen MR) is 55.6 cm³/mol. The third-order valence-electron chi connectivity index (χ3n) is 2.81. The van der Waals surface area contributed by atoms with Crippen LogP contribution in [0.1, 0.15) is 27.2 Å². The van der Waals surface area contributed by atoms with Crippen LogP contribution in [-0.4, -0.2) is 33.4 Å². The van der Waals surface area contributed by atoms with Crippen LogP contribution in [0.25, 0.3) is 0 Å². The summed E-state index contributed by atoms with van der Waals surface area (Å²) in [5, 5.41) is 0. The molecule has 1 rings (SSSR count). The molecule has 2 unspecified atom stereocenters. The van der Waals surface area contributed by atoms with Crippen molar-refractivity contribution in [3.05, 3.63) is 0 Å². The zero-order chi connectivity index (χ0) is 11.0. The van der Waals surface area contributed by atoms with Gasteiger partial charge in [-0.05, 0) is 25.8 Å². The minimum absolute atomic E-state index is 0.0522. The van der Waals surface area contributed by atoms with E-state index >= 15 is 0 Å². The van der Waals surface area contributed by atoms with Crippen LogP contribution in [0.3, 0.4) is 0 Å². The molecular formula is C9H19NO3S. The summed E-state index contributed by atoms with van der Waals surface area (Å²) in [5.41, 5.74) is -0.0522. The summed E-state index contributed by atoms with van der Waals surface area (Å²) in [6.45, 7) is 6.11. The summed E-state index contributed by atoms with van der Waals surface area (Å²) in [4.78, 5) is 0. The van der Waals surface area contributed by atoms with E-state index in [4.69, 9.17) is 4.74 Å². The Kier molecular flexibility index (Phi) is 3.23. The van der Waals surface area contributed by atoms with Crippen LogP contribution >= 0.6 is 0 Å². The van der Waals surface area contributed by atoms with E-state index < -0.39 is 10.0 Å². The second-order valence-electron chi connectivity index (χ2n) is 4.52. The van der Waals surface area contributed by atoms with Crippen molar-refractivity contribution >= 4 is 10.0 Å². The van der Waals surface area contributed by atoms with Gasteiger partial charge in [0.2, 0.25) is 10.0 Å². The minimum Gasteiger partial charge on any atom is -0.369 e. The first kappa shape index (κ1) is 11.9. The summed E-state index contributed by atoms with van der Waals surface area (Å²) in [6, 6.07) is 0. The Morgan fingerprint density at radius 1 is 1.43 bits per heavy atom. The van der Waals surface area contributed by atoms with E-state index in [9.17, 15) is 8.42 Å².